The largest absolute Gasteiger partial charge is 0.507 e. The number of phenolic OH excluding ortho intramolecular Hbond substituents is 1. The minimum absolute atomic E-state index is 0.116. The lowest BCUT2D eigenvalue weighted by Gasteiger charge is -2.21. The van der Waals surface area contributed by atoms with Crippen LogP contribution in [0.1, 0.15) is 26.3 Å². The second kappa shape index (κ2) is 9.31. The van der Waals surface area contributed by atoms with E-state index < -0.39 is 0 Å². The standard InChI is InChI=1S/C34H29N3O/c1-34(2,3)23-20-28(24-14-7-8-18-30(24)38)36-29(21-23)33-31(22-12-5-4-6-13-22)26-16-11-15-25(32(26)37-33)27-17-9-10-19-35-27/h4-21,37-38H,1-3H3. The Labute approximate surface area is 222 Å². The van der Waals surface area contributed by atoms with Crippen molar-refractivity contribution < 1.29 is 5.11 Å². The Hall–Kier alpha value is -4.70. The Morgan fingerprint density at radius 2 is 1.39 bits per heavy atom. The number of phenols is 1. The molecule has 0 atom stereocenters. The van der Waals surface area contributed by atoms with Crippen molar-refractivity contribution in [2.45, 2.75) is 26.2 Å². The van der Waals surface area contributed by atoms with E-state index in [1.807, 2.05) is 48.7 Å². The molecule has 4 heteroatoms. The molecule has 6 rings (SSSR count). The number of fused-ring (bicyclic) bond motifs is 1. The Morgan fingerprint density at radius 3 is 2.13 bits per heavy atom. The molecule has 0 spiro atoms. The van der Waals surface area contributed by atoms with Crippen molar-refractivity contribution in [1.82, 2.24) is 15.0 Å². The van der Waals surface area contributed by atoms with Crippen LogP contribution in [0.25, 0.3) is 55.9 Å². The zero-order valence-electron chi connectivity index (χ0n) is 21.7. The Morgan fingerprint density at radius 1 is 0.684 bits per heavy atom. The lowest BCUT2D eigenvalue weighted by atomic mass is 9.85. The maximum atomic E-state index is 10.7. The number of aromatic hydroxyl groups is 1. The molecule has 0 aliphatic rings. The summed E-state index contributed by atoms with van der Waals surface area (Å²) in [7, 11) is 0. The highest BCUT2D eigenvalue weighted by molar-refractivity contribution is 6.08. The molecule has 0 bridgehead atoms. The molecule has 38 heavy (non-hydrogen) atoms. The maximum Gasteiger partial charge on any atom is 0.124 e. The molecule has 0 fully saturated rings. The third-order valence-corrected chi connectivity index (χ3v) is 6.96. The summed E-state index contributed by atoms with van der Waals surface area (Å²) in [6.07, 6.45) is 1.82. The minimum atomic E-state index is -0.116. The molecule has 0 amide bonds. The van der Waals surface area contributed by atoms with Crippen LogP contribution in [0.2, 0.25) is 0 Å². The van der Waals surface area contributed by atoms with E-state index in [0.717, 1.165) is 55.9 Å². The van der Waals surface area contributed by atoms with Crippen LogP contribution in [0.5, 0.6) is 5.75 Å². The van der Waals surface area contributed by atoms with Gasteiger partial charge in [0.1, 0.15) is 5.75 Å². The SMILES string of the molecule is CC(C)(C)c1cc(-c2ccccc2O)nc(-c2[nH]c3c(-c4ccccn4)cccc3c2-c2ccccc2)c1. The number of H-pyrrole nitrogens is 1. The summed E-state index contributed by atoms with van der Waals surface area (Å²) < 4.78 is 0. The molecule has 0 aliphatic heterocycles. The van der Waals surface area contributed by atoms with E-state index in [1.54, 1.807) is 6.07 Å². The van der Waals surface area contributed by atoms with E-state index in [1.165, 1.54) is 0 Å². The summed E-state index contributed by atoms with van der Waals surface area (Å²) in [6.45, 7) is 6.59. The van der Waals surface area contributed by atoms with Crippen LogP contribution in [0.4, 0.5) is 0 Å². The molecular formula is C34H29N3O. The quantitative estimate of drug-likeness (QED) is 0.257. The maximum absolute atomic E-state index is 10.7. The molecule has 4 nitrogen and oxygen atoms in total. The van der Waals surface area contributed by atoms with E-state index in [2.05, 4.69) is 85.3 Å². The van der Waals surface area contributed by atoms with Gasteiger partial charge in [0.25, 0.3) is 0 Å². The summed E-state index contributed by atoms with van der Waals surface area (Å²) in [6, 6.07) is 34.4. The predicted octanol–water partition coefficient (Wildman–Crippen LogP) is 8.63. The number of aromatic amines is 1. The molecular weight excluding hydrogens is 466 g/mol. The zero-order chi connectivity index (χ0) is 26.3. The van der Waals surface area contributed by atoms with Gasteiger partial charge in [-0.05, 0) is 52.9 Å². The van der Waals surface area contributed by atoms with Crippen molar-refractivity contribution in [1.29, 1.82) is 0 Å². The van der Waals surface area contributed by atoms with Gasteiger partial charge in [0.2, 0.25) is 0 Å². The third kappa shape index (κ3) is 4.24. The van der Waals surface area contributed by atoms with Crippen LogP contribution >= 0.6 is 0 Å². The first-order valence-electron chi connectivity index (χ1n) is 12.8. The monoisotopic (exact) mass is 495 g/mol. The summed E-state index contributed by atoms with van der Waals surface area (Å²) in [4.78, 5) is 13.5. The number of rotatable bonds is 4. The molecule has 0 saturated heterocycles. The van der Waals surface area contributed by atoms with Gasteiger partial charge >= 0.3 is 0 Å². The highest BCUT2D eigenvalue weighted by Crippen LogP contribution is 2.42. The number of nitrogens with zero attached hydrogens (tertiary/aromatic N) is 2. The van der Waals surface area contributed by atoms with Crippen LogP contribution in [0, 0.1) is 0 Å². The molecule has 0 aliphatic carbocycles. The second-order valence-corrected chi connectivity index (χ2v) is 10.6. The van der Waals surface area contributed by atoms with E-state index in [9.17, 15) is 5.11 Å². The van der Waals surface area contributed by atoms with Crippen LogP contribution in [0.15, 0.2) is 109 Å². The van der Waals surface area contributed by atoms with Crippen LogP contribution in [-0.4, -0.2) is 20.1 Å². The normalized spacial score (nSPS) is 11.7. The minimum Gasteiger partial charge on any atom is -0.507 e. The van der Waals surface area contributed by atoms with E-state index >= 15 is 0 Å². The predicted molar refractivity (Wildman–Crippen MR) is 156 cm³/mol. The van der Waals surface area contributed by atoms with Crippen molar-refractivity contribution in [3.8, 4) is 50.8 Å². The number of nitrogens with one attached hydrogen (secondary N) is 1. The van der Waals surface area contributed by atoms with Crippen LogP contribution < -0.4 is 0 Å². The molecule has 186 valence electrons. The van der Waals surface area contributed by atoms with Gasteiger partial charge in [-0.1, -0.05) is 87.5 Å². The number of benzene rings is 3. The first kappa shape index (κ1) is 23.7. The van der Waals surface area contributed by atoms with Crippen molar-refractivity contribution in [3.63, 3.8) is 0 Å². The van der Waals surface area contributed by atoms with Gasteiger partial charge in [0.15, 0.2) is 0 Å². The van der Waals surface area contributed by atoms with Crippen LogP contribution in [0.3, 0.4) is 0 Å². The van der Waals surface area contributed by atoms with Gasteiger partial charge in [-0.3, -0.25) is 4.98 Å². The Bertz CT molecular complexity index is 1750. The zero-order valence-corrected chi connectivity index (χ0v) is 21.7. The van der Waals surface area contributed by atoms with Gasteiger partial charge in [-0.15, -0.1) is 0 Å². The summed E-state index contributed by atoms with van der Waals surface area (Å²) in [5.41, 5.74) is 9.44. The molecule has 0 radical (unpaired) electrons. The topological polar surface area (TPSA) is 61.8 Å². The molecule has 0 saturated carbocycles. The average Bonchev–Trinajstić information content (AvgIpc) is 3.33. The van der Waals surface area contributed by atoms with Crippen LogP contribution in [-0.2, 0) is 5.41 Å². The third-order valence-electron chi connectivity index (χ3n) is 6.96. The molecule has 3 aromatic carbocycles. The first-order valence-corrected chi connectivity index (χ1v) is 12.8. The smallest absolute Gasteiger partial charge is 0.124 e. The Kier molecular flexibility index (Phi) is 5.80. The lowest BCUT2D eigenvalue weighted by molar-refractivity contribution is 0.477. The summed E-state index contributed by atoms with van der Waals surface area (Å²) in [5.74, 6) is 0.217. The fourth-order valence-corrected chi connectivity index (χ4v) is 4.97. The molecule has 3 aromatic heterocycles. The summed E-state index contributed by atoms with van der Waals surface area (Å²) in [5, 5.41) is 11.8. The number of para-hydroxylation sites is 2. The highest BCUT2D eigenvalue weighted by atomic mass is 16.3. The van der Waals surface area contributed by atoms with Gasteiger partial charge in [-0.25, -0.2) is 4.98 Å². The first-order chi connectivity index (χ1) is 18.4. The molecule has 2 N–H and O–H groups in total. The van der Waals surface area contributed by atoms with Crippen molar-refractivity contribution in [3.05, 3.63) is 115 Å². The van der Waals surface area contributed by atoms with Gasteiger partial charge in [-0.2, -0.15) is 0 Å². The number of aromatic nitrogens is 3. The van der Waals surface area contributed by atoms with Crippen molar-refractivity contribution in [2.75, 3.05) is 0 Å². The molecule has 3 heterocycles. The van der Waals surface area contributed by atoms with Crippen molar-refractivity contribution in [2.24, 2.45) is 0 Å². The number of pyridine rings is 2. The second-order valence-electron chi connectivity index (χ2n) is 10.6. The van der Waals surface area contributed by atoms with E-state index in [4.69, 9.17) is 4.98 Å². The molecule has 0 unspecified atom stereocenters. The highest BCUT2D eigenvalue weighted by Gasteiger charge is 2.23. The van der Waals surface area contributed by atoms with Gasteiger partial charge in [0, 0.05) is 28.3 Å². The average molecular weight is 496 g/mol. The number of hydrogen-bond donors (Lipinski definition) is 2. The fourth-order valence-electron chi connectivity index (χ4n) is 4.97. The fraction of sp³-hybridized carbons (Fsp3) is 0.118. The van der Waals surface area contributed by atoms with E-state index in [-0.39, 0.29) is 11.2 Å². The van der Waals surface area contributed by atoms with Gasteiger partial charge in [0.05, 0.1) is 28.3 Å². The van der Waals surface area contributed by atoms with E-state index in [0.29, 0.717) is 5.56 Å². The Balaban J connectivity index is 1.68. The number of hydrogen-bond acceptors (Lipinski definition) is 3. The summed E-state index contributed by atoms with van der Waals surface area (Å²) >= 11 is 0. The molecule has 6 aromatic rings. The lowest BCUT2D eigenvalue weighted by Crippen LogP contribution is -2.12. The van der Waals surface area contributed by atoms with Crippen molar-refractivity contribution >= 4 is 10.9 Å². The van der Waals surface area contributed by atoms with Gasteiger partial charge < -0.3 is 10.1 Å².